The predicted molar refractivity (Wildman–Crippen MR) is 111 cm³/mol. The molecule has 0 saturated carbocycles. The van der Waals surface area contributed by atoms with Crippen LogP contribution in [0.1, 0.15) is 30.5 Å². The fourth-order valence-electron chi connectivity index (χ4n) is 4.67. The summed E-state index contributed by atoms with van der Waals surface area (Å²) in [6.07, 6.45) is 5.87. The molecule has 2 aliphatic heterocycles. The first-order valence-electron chi connectivity index (χ1n) is 10.3. The third-order valence-electron chi connectivity index (χ3n) is 6.31. The predicted octanol–water partition coefficient (Wildman–Crippen LogP) is 0.448. The van der Waals surface area contributed by atoms with Gasteiger partial charge in [0.1, 0.15) is 18.5 Å². The molecule has 2 aromatic heterocycles. The molecule has 0 bridgehead atoms. The summed E-state index contributed by atoms with van der Waals surface area (Å²) in [5.41, 5.74) is 2.12. The Morgan fingerprint density at radius 2 is 2.03 bits per heavy atom. The van der Waals surface area contributed by atoms with E-state index < -0.39 is 12.1 Å². The highest BCUT2D eigenvalue weighted by atomic mass is 16.6. The Labute approximate surface area is 182 Å². The number of piperidine rings is 1. The van der Waals surface area contributed by atoms with Crippen LogP contribution in [0.2, 0.25) is 0 Å². The number of hydrogen-bond acceptors (Lipinski definition) is 7. The van der Waals surface area contributed by atoms with Crippen molar-refractivity contribution in [2.45, 2.75) is 37.1 Å². The second-order valence-electron chi connectivity index (χ2n) is 7.99. The van der Waals surface area contributed by atoms with Gasteiger partial charge in [-0.05, 0) is 37.8 Å². The maximum atomic E-state index is 12.7. The average Bonchev–Trinajstić information content (AvgIpc) is 3.40. The van der Waals surface area contributed by atoms with Crippen molar-refractivity contribution in [3.05, 3.63) is 46.1 Å². The number of fused-ring (bicyclic) bond motifs is 2. The Hall–Kier alpha value is -3.76. The van der Waals surface area contributed by atoms with Crippen molar-refractivity contribution in [3.8, 4) is 11.4 Å². The minimum atomic E-state index is -0.606. The summed E-state index contributed by atoms with van der Waals surface area (Å²) in [6.45, 7) is 0.968. The van der Waals surface area contributed by atoms with E-state index in [1.807, 2.05) is 12.1 Å². The first-order valence-corrected chi connectivity index (χ1v) is 10.3. The van der Waals surface area contributed by atoms with Gasteiger partial charge in [0.25, 0.3) is 12.0 Å². The number of aromatic nitrogens is 3. The van der Waals surface area contributed by atoms with E-state index in [1.165, 1.54) is 0 Å². The van der Waals surface area contributed by atoms with E-state index in [-0.39, 0.29) is 30.0 Å². The number of aromatic amines is 1. The highest BCUT2D eigenvalue weighted by molar-refractivity contribution is 5.88. The standard InChI is InChI=1S/C20H21N5O4.CH2O2/c26-17-13-3-4-20(15(13)23-16(24-17)12-2-1-7-21-10-12)5-8-25(9-6-20)18(27)14-11-29-19(28)22-14;2-1-3/h1-2,7,10,14H,3-6,8-9,11H2,(H,22,28)(H,23,24,26);1H,(H,2,3)/t14-;/m0./s1. The third-order valence-corrected chi connectivity index (χ3v) is 6.31. The van der Waals surface area contributed by atoms with Crippen molar-refractivity contribution in [2.75, 3.05) is 19.7 Å². The maximum Gasteiger partial charge on any atom is 0.407 e. The number of carboxylic acid groups (broad SMARTS) is 1. The molecule has 4 heterocycles. The first-order chi connectivity index (χ1) is 15.5. The number of nitrogens with zero attached hydrogens (tertiary/aromatic N) is 3. The van der Waals surface area contributed by atoms with Gasteiger partial charge in [-0.1, -0.05) is 0 Å². The number of hydrogen-bond donors (Lipinski definition) is 3. The zero-order valence-corrected chi connectivity index (χ0v) is 17.2. The van der Waals surface area contributed by atoms with Gasteiger partial charge in [-0.15, -0.1) is 0 Å². The molecule has 3 N–H and O–H groups in total. The molecular weight excluding hydrogens is 418 g/mol. The van der Waals surface area contributed by atoms with Crippen LogP contribution in [0.4, 0.5) is 4.79 Å². The van der Waals surface area contributed by atoms with Crippen LogP contribution in [-0.4, -0.2) is 69.2 Å². The molecule has 1 spiro atoms. The minimum absolute atomic E-state index is 0.0769. The number of H-pyrrole nitrogens is 1. The van der Waals surface area contributed by atoms with Crippen molar-refractivity contribution >= 4 is 18.5 Å². The number of pyridine rings is 1. The van der Waals surface area contributed by atoms with Gasteiger partial charge in [-0.2, -0.15) is 0 Å². The highest BCUT2D eigenvalue weighted by Gasteiger charge is 2.45. The lowest BCUT2D eigenvalue weighted by atomic mass is 9.76. The molecule has 2 amide bonds. The van der Waals surface area contributed by atoms with Gasteiger partial charge in [-0.25, -0.2) is 9.78 Å². The SMILES string of the molecule is O=C1N[C@H](C(=O)N2CCC3(CCc4c3nc(-c3cccnc3)[nH]c4=O)CC2)CO1.O=CO. The van der Waals surface area contributed by atoms with Crippen LogP contribution < -0.4 is 10.9 Å². The largest absolute Gasteiger partial charge is 0.483 e. The van der Waals surface area contributed by atoms with Gasteiger partial charge >= 0.3 is 6.09 Å². The number of carbonyl (C=O) groups is 3. The van der Waals surface area contributed by atoms with Crippen molar-refractivity contribution in [2.24, 2.45) is 0 Å². The molecule has 2 fully saturated rings. The Morgan fingerprint density at radius 1 is 1.28 bits per heavy atom. The summed E-state index contributed by atoms with van der Waals surface area (Å²) < 4.78 is 4.83. The van der Waals surface area contributed by atoms with Crippen LogP contribution in [0.5, 0.6) is 0 Å². The van der Waals surface area contributed by atoms with Gasteiger partial charge in [0.2, 0.25) is 5.91 Å². The molecule has 3 aliphatic rings. The minimum Gasteiger partial charge on any atom is -0.483 e. The van der Waals surface area contributed by atoms with Crippen LogP contribution in [0, 0.1) is 0 Å². The van der Waals surface area contributed by atoms with Crippen LogP contribution >= 0.6 is 0 Å². The van der Waals surface area contributed by atoms with Gasteiger partial charge < -0.3 is 25.0 Å². The lowest BCUT2D eigenvalue weighted by molar-refractivity contribution is -0.134. The van der Waals surface area contributed by atoms with E-state index in [4.69, 9.17) is 19.6 Å². The van der Waals surface area contributed by atoms with Crippen molar-refractivity contribution in [3.63, 3.8) is 0 Å². The summed E-state index contributed by atoms with van der Waals surface area (Å²) >= 11 is 0. The number of alkyl carbamates (subject to hydrolysis) is 1. The molecule has 1 aliphatic carbocycles. The molecule has 0 radical (unpaired) electrons. The van der Waals surface area contributed by atoms with E-state index in [9.17, 15) is 14.4 Å². The van der Waals surface area contributed by atoms with E-state index in [0.717, 1.165) is 36.1 Å². The van der Waals surface area contributed by atoms with Gasteiger partial charge in [0.15, 0.2) is 0 Å². The van der Waals surface area contributed by atoms with Crippen molar-refractivity contribution in [1.29, 1.82) is 0 Å². The van der Waals surface area contributed by atoms with E-state index >= 15 is 0 Å². The normalized spacial score (nSPS) is 20.6. The van der Waals surface area contributed by atoms with Gasteiger partial charge in [0, 0.05) is 42.0 Å². The van der Waals surface area contributed by atoms with Gasteiger partial charge in [-0.3, -0.25) is 19.4 Å². The van der Waals surface area contributed by atoms with Crippen LogP contribution in [-0.2, 0) is 26.2 Å². The van der Waals surface area contributed by atoms with Gasteiger partial charge in [0.05, 0.1) is 5.69 Å². The summed E-state index contributed by atoms with van der Waals surface area (Å²) in [6, 6.07) is 3.08. The van der Waals surface area contributed by atoms with E-state index in [0.29, 0.717) is 25.3 Å². The van der Waals surface area contributed by atoms with Crippen LogP contribution in [0.3, 0.4) is 0 Å². The fraction of sp³-hybridized carbons (Fsp3) is 0.429. The summed E-state index contributed by atoms with van der Waals surface area (Å²) in [5, 5.41) is 9.43. The average molecular weight is 441 g/mol. The second-order valence-corrected chi connectivity index (χ2v) is 7.99. The number of carbonyl (C=O) groups excluding carboxylic acids is 2. The quantitative estimate of drug-likeness (QED) is 0.568. The molecule has 168 valence electrons. The number of likely N-dealkylation sites (tertiary alicyclic amines) is 1. The molecule has 32 heavy (non-hydrogen) atoms. The Kier molecular flexibility index (Phi) is 5.89. The molecule has 0 unspecified atom stereocenters. The third kappa shape index (κ3) is 3.93. The maximum absolute atomic E-state index is 12.7. The monoisotopic (exact) mass is 441 g/mol. The smallest absolute Gasteiger partial charge is 0.407 e. The zero-order valence-electron chi connectivity index (χ0n) is 17.2. The molecule has 2 saturated heterocycles. The number of amides is 2. The summed E-state index contributed by atoms with van der Waals surface area (Å²) in [7, 11) is 0. The molecule has 1 atom stereocenters. The number of cyclic esters (lactones) is 1. The Balaban J connectivity index is 0.000000775. The first kappa shape index (κ1) is 21.5. The van der Waals surface area contributed by atoms with Crippen LogP contribution in [0.25, 0.3) is 11.4 Å². The Bertz CT molecular complexity index is 1080. The lowest BCUT2D eigenvalue weighted by Gasteiger charge is -2.40. The number of ether oxygens (including phenoxy) is 1. The molecule has 5 rings (SSSR count). The second kappa shape index (κ2) is 8.77. The summed E-state index contributed by atoms with van der Waals surface area (Å²) in [5.74, 6) is 0.422. The lowest BCUT2D eigenvalue weighted by Crippen LogP contribution is -2.51. The van der Waals surface area contributed by atoms with Crippen molar-refractivity contribution < 1.29 is 24.2 Å². The summed E-state index contributed by atoms with van der Waals surface area (Å²) in [4.78, 5) is 58.5. The highest BCUT2D eigenvalue weighted by Crippen LogP contribution is 2.44. The Morgan fingerprint density at radius 3 is 2.66 bits per heavy atom. The molecule has 0 aromatic carbocycles. The topological polar surface area (TPSA) is 155 Å². The van der Waals surface area contributed by atoms with E-state index in [1.54, 1.807) is 17.3 Å². The number of rotatable bonds is 2. The fourth-order valence-corrected chi connectivity index (χ4v) is 4.67. The zero-order chi connectivity index (χ0) is 22.7. The van der Waals surface area contributed by atoms with Crippen LogP contribution in [0.15, 0.2) is 29.3 Å². The number of nitrogens with one attached hydrogen (secondary N) is 2. The van der Waals surface area contributed by atoms with E-state index in [2.05, 4.69) is 15.3 Å². The molecular formula is C21H23N5O6. The molecule has 11 heteroatoms. The van der Waals surface area contributed by atoms with Crippen molar-refractivity contribution in [1.82, 2.24) is 25.2 Å². The molecule has 11 nitrogen and oxygen atoms in total. The molecule has 2 aromatic rings.